The zero-order valence-corrected chi connectivity index (χ0v) is 14.3. The fourth-order valence-corrected chi connectivity index (χ4v) is 2.80. The molecule has 1 aromatic carbocycles. The quantitative estimate of drug-likeness (QED) is 0.856. The number of hydrogen-bond acceptors (Lipinski definition) is 2. The van der Waals surface area contributed by atoms with E-state index in [1.807, 2.05) is 29.8 Å². The molecule has 3 nitrogen and oxygen atoms in total. The zero-order chi connectivity index (χ0) is 14.7. The van der Waals surface area contributed by atoms with Crippen molar-refractivity contribution < 1.29 is 0 Å². The largest absolute Gasteiger partial charge is 0.305 e. The van der Waals surface area contributed by atoms with Crippen molar-refractivity contribution in [3.05, 3.63) is 50.7 Å². The average molecular weight is 357 g/mol. The lowest BCUT2D eigenvalue weighted by Gasteiger charge is -2.15. The van der Waals surface area contributed by atoms with Gasteiger partial charge in [0.1, 0.15) is 0 Å². The molecule has 2 aromatic rings. The number of rotatable bonds is 5. The van der Waals surface area contributed by atoms with Crippen molar-refractivity contribution in [1.29, 1.82) is 0 Å². The molecule has 5 heteroatoms. The summed E-state index contributed by atoms with van der Waals surface area (Å²) in [6.07, 6.45) is 0. The molecule has 0 aliphatic carbocycles. The topological polar surface area (TPSA) is 29.9 Å². The van der Waals surface area contributed by atoms with Crippen molar-refractivity contribution in [3.8, 4) is 0 Å². The Kier molecular flexibility index (Phi) is 5.24. The summed E-state index contributed by atoms with van der Waals surface area (Å²) >= 11 is 9.65. The molecule has 0 unspecified atom stereocenters. The van der Waals surface area contributed by atoms with Crippen LogP contribution in [0.2, 0.25) is 5.02 Å². The first-order valence-corrected chi connectivity index (χ1v) is 7.90. The Morgan fingerprint density at radius 1 is 1.45 bits per heavy atom. The molecule has 0 radical (unpaired) electrons. The molecule has 0 saturated heterocycles. The van der Waals surface area contributed by atoms with Gasteiger partial charge >= 0.3 is 0 Å². The molecule has 108 valence electrons. The van der Waals surface area contributed by atoms with Crippen molar-refractivity contribution in [3.63, 3.8) is 0 Å². The van der Waals surface area contributed by atoms with Crippen LogP contribution in [-0.2, 0) is 13.1 Å². The number of aryl methyl sites for hydroxylation is 2. The van der Waals surface area contributed by atoms with Crippen molar-refractivity contribution in [2.24, 2.45) is 0 Å². The third kappa shape index (κ3) is 3.43. The molecule has 1 aromatic heterocycles. The Hall–Kier alpha value is -0.840. The Balaban J connectivity index is 2.09. The summed E-state index contributed by atoms with van der Waals surface area (Å²) < 4.78 is 3.11. The van der Waals surface area contributed by atoms with Crippen LogP contribution in [0.3, 0.4) is 0 Å². The predicted molar refractivity (Wildman–Crippen MR) is 87.0 cm³/mol. The first-order valence-electron chi connectivity index (χ1n) is 6.73. The molecule has 0 aliphatic rings. The van der Waals surface area contributed by atoms with Crippen molar-refractivity contribution >= 4 is 27.5 Å². The van der Waals surface area contributed by atoms with Crippen LogP contribution in [0.4, 0.5) is 0 Å². The van der Waals surface area contributed by atoms with Gasteiger partial charge in [-0.3, -0.25) is 4.68 Å². The second-order valence-electron chi connectivity index (χ2n) is 4.82. The maximum absolute atomic E-state index is 6.03. The minimum absolute atomic E-state index is 0.237. The van der Waals surface area contributed by atoms with Crippen LogP contribution in [0.25, 0.3) is 0 Å². The van der Waals surface area contributed by atoms with Crippen molar-refractivity contribution in [1.82, 2.24) is 15.1 Å². The van der Waals surface area contributed by atoms with Gasteiger partial charge in [-0.15, -0.1) is 0 Å². The molecule has 0 aliphatic heterocycles. The van der Waals surface area contributed by atoms with Crippen LogP contribution < -0.4 is 5.32 Å². The van der Waals surface area contributed by atoms with Crippen molar-refractivity contribution in [2.45, 2.75) is 39.9 Å². The van der Waals surface area contributed by atoms with Gasteiger partial charge in [-0.25, -0.2) is 0 Å². The highest BCUT2D eigenvalue weighted by Crippen LogP contribution is 2.22. The fraction of sp³-hybridized carbons (Fsp3) is 0.400. The summed E-state index contributed by atoms with van der Waals surface area (Å²) in [6, 6.07) is 8.19. The zero-order valence-electron chi connectivity index (χ0n) is 12.0. The Morgan fingerprint density at radius 3 is 2.85 bits per heavy atom. The van der Waals surface area contributed by atoms with E-state index in [0.717, 1.165) is 28.3 Å². The molecule has 0 spiro atoms. The second kappa shape index (κ2) is 6.74. The fourth-order valence-electron chi connectivity index (χ4n) is 2.18. The Labute approximate surface area is 133 Å². The summed E-state index contributed by atoms with van der Waals surface area (Å²) in [5.74, 6) is 0. The van der Waals surface area contributed by atoms with Gasteiger partial charge in [0.05, 0.1) is 15.9 Å². The van der Waals surface area contributed by atoms with E-state index in [0.29, 0.717) is 0 Å². The first-order chi connectivity index (χ1) is 9.52. The van der Waals surface area contributed by atoms with Gasteiger partial charge < -0.3 is 5.32 Å². The molecule has 1 N–H and O–H groups in total. The number of nitrogens with zero attached hydrogens (tertiary/aromatic N) is 2. The lowest BCUT2D eigenvalue weighted by atomic mass is 10.1. The van der Waals surface area contributed by atoms with E-state index < -0.39 is 0 Å². The van der Waals surface area contributed by atoms with Crippen molar-refractivity contribution in [2.75, 3.05) is 0 Å². The van der Waals surface area contributed by atoms with Crippen LogP contribution in [0.15, 0.2) is 28.7 Å². The molecular weight excluding hydrogens is 338 g/mol. The van der Waals surface area contributed by atoms with Gasteiger partial charge in [-0.2, -0.15) is 5.10 Å². The van der Waals surface area contributed by atoms with Gasteiger partial charge in [0.15, 0.2) is 0 Å². The molecule has 1 atom stereocenters. The maximum atomic E-state index is 6.03. The van der Waals surface area contributed by atoms with Crippen LogP contribution >= 0.6 is 27.5 Å². The minimum atomic E-state index is 0.237. The molecule has 0 amide bonds. The van der Waals surface area contributed by atoms with Crippen LogP contribution in [-0.4, -0.2) is 9.78 Å². The Morgan fingerprint density at radius 2 is 2.20 bits per heavy atom. The molecular formula is C15H19BrClN3. The number of benzene rings is 1. The van der Waals surface area contributed by atoms with E-state index in [-0.39, 0.29) is 6.04 Å². The van der Waals surface area contributed by atoms with E-state index in [4.69, 9.17) is 11.6 Å². The van der Waals surface area contributed by atoms with E-state index in [1.165, 1.54) is 11.3 Å². The summed E-state index contributed by atoms with van der Waals surface area (Å²) in [7, 11) is 0. The van der Waals surface area contributed by atoms with E-state index >= 15 is 0 Å². The Bertz CT molecular complexity index is 595. The summed E-state index contributed by atoms with van der Waals surface area (Å²) in [4.78, 5) is 0. The van der Waals surface area contributed by atoms with E-state index in [2.05, 4.69) is 46.3 Å². The molecule has 0 fully saturated rings. The van der Waals surface area contributed by atoms with Gasteiger partial charge in [0.2, 0.25) is 0 Å². The molecule has 1 heterocycles. The molecule has 20 heavy (non-hydrogen) atoms. The minimum Gasteiger partial charge on any atom is -0.305 e. The van der Waals surface area contributed by atoms with Gasteiger partial charge in [-0.05, 0) is 54.4 Å². The molecule has 2 rings (SSSR count). The number of nitrogens with one attached hydrogen (secondary N) is 1. The third-order valence-corrected chi connectivity index (χ3v) is 4.64. The normalized spacial score (nSPS) is 12.7. The highest BCUT2D eigenvalue weighted by atomic mass is 79.9. The molecule has 0 saturated carbocycles. The first kappa shape index (κ1) is 15.5. The van der Waals surface area contributed by atoms with Gasteiger partial charge in [-0.1, -0.05) is 23.7 Å². The van der Waals surface area contributed by atoms with E-state index in [1.54, 1.807) is 0 Å². The van der Waals surface area contributed by atoms with Crippen LogP contribution in [0.5, 0.6) is 0 Å². The molecule has 0 bridgehead atoms. The standard InChI is InChI=1S/C15H19BrClN3/c1-4-20-14(15(16)11(3)19-20)9-18-10(2)12-6-5-7-13(17)8-12/h5-8,10,18H,4,9H2,1-3H3/t10-/m1/s1. The van der Waals surface area contributed by atoms with Gasteiger partial charge in [0.25, 0.3) is 0 Å². The monoisotopic (exact) mass is 355 g/mol. The second-order valence-corrected chi connectivity index (χ2v) is 6.05. The highest BCUT2D eigenvalue weighted by Gasteiger charge is 2.13. The van der Waals surface area contributed by atoms with Crippen LogP contribution in [0.1, 0.15) is 36.8 Å². The lowest BCUT2D eigenvalue weighted by molar-refractivity contribution is 0.530. The average Bonchev–Trinajstić information content (AvgIpc) is 2.71. The van der Waals surface area contributed by atoms with Crippen LogP contribution in [0, 0.1) is 6.92 Å². The summed E-state index contributed by atoms with van der Waals surface area (Å²) in [5.41, 5.74) is 3.39. The lowest BCUT2D eigenvalue weighted by Crippen LogP contribution is -2.20. The smallest absolute Gasteiger partial charge is 0.0739 e. The highest BCUT2D eigenvalue weighted by molar-refractivity contribution is 9.10. The maximum Gasteiger partial charge on any atom is 0.0739 e. The third-order valence-electron chi connectivity index (χ3n) is 3.38. The van der Waals surface area contributed by atoms with E-state index in [9.17, 15) is 0 Å². The number of halogens is 2. The number of hydrogen-bond donors (Lipinski definition) is 1. The van der Waals surface area contributed by atoms with Gasteiger partial charge in [0, 0.05) is 24.2 Å². The SMILES string of the molecule is CCn1nc(C)c(Br)c1CN[C@H](C)c1cccc(Cl)c1. The number of aromatic nitrogens is 2. The predicted octanol–water partition coefficient (Wildman–Crippen LogP) is 4.48. The summed E-state index contributed by atoms with van der Waals surface area (Å²) in [6.45, 7) is 7.89. The summed E-state index contributed by atoms with van der Waals surface area (Å²) in [5, 5.41) is 8.79.